The van der Waals surface area contributed by atoms with Crippen LogP contribution >= 0.6 is 0 Å². The first-order chi connectivity index (χ1) is 16.3. The van der Waals surface area contributed by atoms with Gasteiger partial charge in [0.1, 0.15) is 22.8 Å². The lowest BCUT2D eigenvalue weighted by molar-refractivity contribution is 0.0965. The quantitative estimate of drug-likeness (QED) is 0.580. The van der Waals surface area contributed by atoms with E-state index in [1.54, 1.807) is 24.4 Å². The lowest BCUT2D eigenvalue weighted by Crippen LogP contribution is -2.41. The topological polar surface area (TPSA) is 87.5 Å². The van der Waals surface area contributed by atoms with Gasteiger partial charge in [-0.2, -0.15) is 0 Å². The third-order valence-corrected chi connectivity index (χ3v) is 6.30. The van der Waals surface area contributed by atoms with Crippen LogP contribution < -0.4 is 10.9 Å². The predicted octanol–water partition coefficient (Wildman–Crippen LogP) is 3.76. The van der Waals surface area contributed by atoms with E-state index in [0.717, 1.165) is 13.1 Å². The monoisotopic (exact) mass is 464 g/mol. The van der Waals surface area contributed by atoms with Crippen molar-refractivity contribution in [3.05, 3.63) is 71.0 Å². The van der Waals surface area contributed by atoms with Crippen LogP contribution in [0.4, 0.5) is 4.39 Å². The number of hydrogen-bond acceptors (Lipinski definition) is 5. The largest absolute Gasteiger partial charge is 0.506 e. The van der Waals surface area contributed by atoms with Crippen LogP contribution in [0.5, 0.6) is 5.75 Å². The fourth-order valence-electron chi connectivity index (χ4n) is 4.91. The van der Waals surface area contributed by atoms with Crippen LogP contribution in [0.15, 0.2) is 54.1 Å². The molecule has 2 unspecified atom stereocenters. The number of aromatic nitrogens is 2. The normalized spacial score (nSPS) is 18.7. The molecule has 4 rings (SSSR count). The predicted molar refractivity (Wildman–Crippen MR) is 130 cm³/mol. The first-order valence-electron chi connectivity index (χ1n) is 11.4. The number of nitrogens with zero attached hydrogens (tertiary/aromatic N) is 3. The molecule has 1 fully saturated rings. The second kappa shape index (κ2) is 9.77. The standard InChI is InChI=1S/C26H29FN4O3/c1-4-28-25(33)22-23(32)21-12-19(18-5-7-20(27)8-6-18)13-29-24(21)31(26(22)34)10-9-30-14-16(2)11-17(3)15-30/h4-8,12-13,16-17,32H,1,9-11,14-15H2,2-3H3,(H,28,33). The Bertz CT molecular complexity index is 1280. The minimum absolute atomic E-state index is 0.274. The molecule has 2 atom stereocenters. The Morgan fingerprint density at radius 2 is 1.88 bits per heavy atom. The second-order valence-electron chi connectivity index (χ2n) is 9.17. The average molecular weight is 465 g/mol. The van der Waals surface area contributed by atoms with Crippen LogP contribution in [0.25, 0.3) is 22.2 Å². The minimum Gasteiger partial charge on any atom is -0.506 e. The van der Waals surface area contributed by atoms with E-state index in [9.17, 15) is 19.1 Å². The van der Waals surface area contributed by atoms with Crippen molar-refractivity contribution in [3.63, 3.8) is 0 Å². The van der Waals surface area contributed by atoms with E-state index < -0.39 is 17.2 Å². The molecule has 1 saturated heterocycles. The van der Waals surface area contributed by atoms with Crippen molar-refractivity contribution in [1.29, 1.82) is 0 Å². The van der Waals surface area contributed by atoms with Crippen LogP contribution in [0.3, 0.4) is 0 Å². The third-order valence-electron chi connectivity index (χ3n) is 6.30. The van der Waals surface area contributed by atoms with Gasteiger partial charge in [0, 0.05) is 37.9 Å². The molecule has 0 saturated carbocycles. The Hall–Kier alpha value is -3.52. The summed E-state index contributed by atoms with van der Waals surface area (Å²) in [5, 5.41) is 13.6. The number of likely N-dealkylation sites (tertiary alicyclic amines) is 1. The maximum atomic E-state index is 13.4. The van der Waals surface area contributed by atoms with Gasteiger partial charge in [0.15, 0.2) is 0 Å². The number of nitrogens with one attached hydrogen (secondary N) is 1. The molecule has 1 amide bonds. The van der Waals surface area contributed by atoms with Crippen molar-refractivity contribution in [3.8, 4) is 16.9 Å². The van der Waals surface area contributed by atoms with Gasteiger partial charge in [-0.3, -0.25) is 14.2 Å². The van der Waals surface area contributed by atoms with E-state index in [4.69, 9.17) is 0 Å². The van der Waals surface area contributed by atoms with Gasteiger partial charge in [-0.15, -0.1) is 0 Å². The van der Waals surface area contributed by atoms with Crippen LogP contribution in [0.2, 0.25) is 0 Å². The molecule has 8 heteroatoms. The molecule has 0 radical (unpaired) electrons. The zero-order valence-corrected chi connectivity index (χ0v) is 19.4. The molecule has 1 aliphatic rings. The summed E-state index contributed by atoms with van der Waals surface area (Å²) in [5.74, 6) is -0.392. The summed E-state index contributed by atoms with van der Waals surface area (Å²) in [6.45, 7) is 10.8. The summed E-state index contributed by atoms with van der Waals surface area (Å²) in [7, 11) is 0. The fourth-order valence-corrected chi connectivity index (χ4v) is 4.91. The number of rotatable bonds is 6. The number of amides is 1. The average Bonchev–Trinajstić information content (AvgIpc) is 2.79. The maximum Gasteiger partial charge on any atom is 0.268 e. The Labute approximate surface area is 197 Å². The number of carbonyl (C=O) groups excluding carboxylic acids is 1. The molecule has 7 nitrogen and oxygen atoms in total. The Kier molecular flexibility index (Phi) is 6.79. The molecule has 0 aliphatic carbocycles. The molecule has 178 valence electrons. The van der Waals surface area contributed by atoms with E-state index in [1.165, 1.54) is 29.3 Å². The SMILES string of the molecule is C=CNC(=O)c1c(O)c2cc(-c3ccc(F)cc3)cnc2n(CCN2CC(C)CC(C)C2)c1=O. The van der Waals surface area contributed by atoms with Gasteiger partial charge in [-0.05, 0) is 48.2 Å². The number of pyridine rings is 2. The maximum absolute atomic E-state index is 13.4. The first-order valence-corrected chi connectivity index (χ1v) is 11.4. The zero-order chi connectivity index (χ0) is 24.4. The van der Waals surface area contributed by atoms with E-state index in [2.05, 4.69) is 35.6 Å². The van der Waals surface area contributed by atoms with Crippen molar-refractivity contribution in [2.75, 3.05) is 19.6 Å². The van der Waals surface area contributed by atoms with Crippen LogP contribution in [0.1, 0.15) is 30.6 Å². The highest BCUT2D eigenvalue weighted by atomic mass is 19.1. The second-order valence-corrected chi connectivity index (χ2v) is 9.17. The summed E-state index contributed by atoms with van der Waals surface area (Å²) >= 11 is 0. The fraction of sp³-hybridized carbons (Fsp3) is 0.346. The van der Waals surface area contributed by atoms with Gasteiger partial charge in [0.05, 0.1) is 5.39 Å². The Morgan fingerprint density at radius 1 is 1.21 bits per heavy atom. The molecular weight excluding hydrogens is 435 g/mol. The van der Waals surface area contributed by atoms with Gasteiger partial charge in [0.25, 0.3) is 11.5 Å². The Morgan fingerprint density at radius 3 is 2.53 bits per heavy atom. The summed E-state index contributed by atoms with van der Waals surface area (Å²) in [4.78, 5) is 32.8. The zero-order valence-electron chi connectivity index (χ0n) is 19.4. The number of piperidine rings is 1. The lowest BCUT2D eigenvalue weighted by Gasteiger charge is -2.35. The van der Waals surface area contributed by atoms with Crippen LogP contribution in [-0.4, -0.2) is 45.1 Å². The third kappa shape index (κ3) is 4.72. The number of fused-ring (bicyclic) bond motifs is 1. The van der Waals surface area contributed by atoms with Crippen LogP contribution in [-0.2, 0) is 6.54 Å². The first kappa shape index (κ1) is 23.6. The van der Waals surface area contributed by atoms with Gasteiger partial charge < -0.3 is 15.3 Å². The smallest absolute Gasteiger partial charge is 0.268 e. The van der Waals surface area contributed by atoms with Crippen molar-refractivity contribution in [2.24, 2.45) is 11.8 Å². The molecule has 3 aromatic rings. The number of carbonyl (C=O) groups is 1. The van der Waals surface area contributed by atoms with E-state index in [0.29, 0.717) is 41.7 Å². The highest BCUT2D eigenvalue weighted by Gasteiger charge is 2.25. The summed E-state index contributed by atoms with van der Waals surface area (Å²) in [6.07, 6.45) is 3.93. The van der Waals surface area contributed by atoms with Crippen molar-refractivity contribution >= 4 is 16.9 Å². The van der Waals surface area contributed by atoms with Gasteiger partial charge >= 0.3 is 0 Å². The van der Waals surface area contributed by atoms with E-state index in [-0.39, 0.29) is 16.8 Å². The number of hydrogen-bond donors (Lipinski definition) is 2. The molecule has 0 bridgehead atoms. The highest BCUT2D eigenvalue weighted by molar-refractivity contribution is 6.02. The van der Waals surface area contributed by atoms with E-state index in [1.807, 2.05) is 0 Å². The summed E-state index contributed by atoms with van der Waals surface area (Å²) in [6, 6.07) is 7.55. The summed E-state index contributed by atoms with van der Waals surface area (Å²) < 4.78 is 14.8. The van der Waals surface area contributed by atoms with Crippen molar-refractivity contribution < 1.29 is 14.3 Å². The van der Waals surface area contributed by atoms with Crippen LogP contribution in [0, 0.1) is 17.7 Å². The van der Waals surface area contributed by atoms with Crippen molar-refractivity contribution in [2.45, 2.75) is 26.8 Å². The Balaban J connectivity index is 1.80. The van der Waals surface area contributed by atoms with Gasteiger partial charge in [-0.1, -0.05) is 32.6 Å². The minimum atomic E-state index is -0.736. The molecule has 2 N–H and O–H groups in total. The number of benzene rings is 1. The summed E-state index contributed by atoms with van der Waals surface area (Å²) in [5.41, 5.74) is 0.653. The molecule has 34 heavy (non-hydrogen) atoms. The van der Waals surface area contributed by atoms with Gasteiger partial charge in [-0.25, -0.2) is 9.37 Å². The number of aromatic hydroxyl groups is 1. The molecule has 1 aliphatic heterocycles. The molecule has 1 aromatic carbocycles. The molecule has 2 aromatic heterocycles. The highest BCUT2D eigenvalue weighted by Crippen LogP contribution is 2.30. The van der Waals surface area contributed by atoms with Crippen molar-refractivity contribution in [1.82, 2.24) is 19.8 Å². The molecule has 0 spiro atoms. The number of halogens is 1. The molecule has 3 heterocycles. The van der Waals surface area contributed by atoms with Gasteiger partial charge in [0.2, 0.25) is 0 Å². The van der Waals surface area contributed by atoms with E-state index >= 15 is 0 Å². The lowest BCUT2D eigenvalue weighted by atomic mass is 9.92. The molecular formula is C26H29FN4O3.